The van der Waals surface area contributed by atoms with Gasteiger partial charge in [0.05, 0.1) is 31.1 Å². The Balaban J connectivity index is 1.94. The highest BCUT2D eigenvalue weighted by Gasteiger charge is 2.31. The zero-order valence-corrected chi connectivity index (χ0v) is 16.4. The lowest BCUT2D eigenvalue weighted by Gasteiger charge is -2.31. The van der Waals surface area contributed by atoms with Gasteiger partial charge in [-0.05, 0) is 50.5 Å². The molecule has 1 saturated heterocycles. The van der Waals surface area contributed by atoms with E-state index < -0.39 is 10.0 Å². The highest BCUT2D eigenvalue weighted by Crippen LogP contribution is 2.19. The number of carbonyl (C=O) groups is 1. The van der Waals surface area contributed by atoms with Crippen LogP contribution in [0.1, 0.15) is 31.4 Å². The van der Waals surface area contributed by atoms with Crippen molar-refractivity contribution in [1.82, 2.24) is 9.62 Å². The molecule has 6 nitrogen and oxygen atoms in total. The summed E-state index contributed by atoms with van der Waals surface area (Å²) >= 11 is 0. The van der Waals surface area contributed by atoms with E-state index in [-0.39, 0.29) is 11.9 Å². The lowest BCUT2D eigenvalue weighted by molar-refractivity contribution is -0.895. The van der Waals surface area contributed by atoms with Crippen LogP contribution in [0.15, 0.2) is 23.1 Å². The maximum absolute atomic E-state index is 12.8. The van der Waals surface area contributed by atoms with Gasteiger partial charge in [-0.3, -0.25) is 4.79 Å². The van der Waals surface area contributed by atoms with Crippen LogP contribution in [0.25, 0.3) is 0 Å². The van der Waals surface area contributed by atoms with Crippen LogP contribution in [0.5, 0.6) is 0 Å². The van der Waals surface area contributed by atoms with Crippen molar-refractivity contribution in [2.75, 3.05) is 32.7 Å². The average molecular weight is 369 g/mol. The Morgan fingerprint density at radius 3 is 2.44 bits per heavy atom. The summed E-state index contributed by atoms with van der Waals surface area (Å²) in [5.74, 6) is 0.0369. The molecular weight excluding hydrogens is 338 g/mol. The molecule has 2 N–H and O–H groups in total. The molecule has 1 aromatic rings. The van der Waals surface area contributed by atoms with Crippen LogP contribution in [0.2, 0.25) is 0 Å². The molecule has 0 aliphatic carbocycles. The van der Waals surface area contributed by atoms with Gasteiger partial charge in [-0.1, -0.05) is 13.0 Å². The molecule has 1 fully saturated rings. The van der Waals surface area contributed by atoms with Gasteiger partial charge in [-0.2, -0.15) is 4.31 Å². The zero-order chi connectivity index (χ0) is 18.6. The number of hydrogen-bond donors (Lipinski definition) is 2. The first kappa shape index (κ1) is 19.9. The fourth-order valence-electron chi connectivity index (χ4n) is 2.90. The van der Waals surface area contributed by atoms with Crippen molar-refractivity contribution in [3.63, 3.8) is 0 Å². The Morgan fingerprint density at radius 2 is 1.88 bits per heavy atom. The van der Waals surface area contributed by atoms with Crippen LogP contribution < -0.4 is 10.2 Å². The maximum atomic E-state index is 12.8. The van der Waals surface area contributed by atoms with E-state index in [4.69, 9.17) is 0 Å². The number of amides is 1. The number of aryl methyl sites for hydroxylation is 2. The first-order valence-corrected chi connectivity index (χ1v) is 10.4. The van der Waals surface area contributed by atoms with E-state index in [9.17, 15) is 13.2 Å². The number of nitrogens with zero attached hydrogens (tertiary/aromatic N) is 1. The van der Waals surface area contributed by atoms with Gasteiger partial charge in [0.2, 0.25) is 10.0 Å². The molecule has 0 aromatic heterocycles. The molecule has 1 heterocycles. The predicted octanol–water partition coefficient (Wildman–Crippen LogP) is 0.107. The molecule has 25 heavy (non-hydrogen) atoms. The molecule has 1 aliphatic heterocycles. The average Bonchev–Trinajstić information content (AvgIpc) is 2.57. The van der Waals surface area contributed by atoms with Crippen molar-refractivity contribution in [3.05, 3.63) is 29.3 Å². The minimum atomic E-state index is -3.46. The summed E-state index contributed by atoms with van der Waals surface area (Å²) in [6, 6.07) is 5.45. The summed E-state index contributed by atoms with van der Waals surface area (Å²) in [5, 5.41) is 2.96. The van der Waals surface area contributed by atoms with Crippen LogP contribution in [0.3, 0.4) is 0 Å². The Kier molecular flexibility index (Phi) is 6.59. The lowest BCUT2D eigenvalue weighted by atomic mass is 10.1. The monoisotopic (exact) mass is 368 g/mol. The van der Waals surface area contributed by atoms with Gasteiger partial charge in [0.1, 0.15) is 0 Å². The van der Waals surface area contributed by atoms with Gasteiger partial charge in [0.25, 0.3) is 5.91 Å². The van der Waals surface area contributed by atoms with Crippen LogP contribution in [-0.2, 0) is 14.8 Å². The third-order valence-electron chi connectivity index (χ3n) is 4.98. The predicted molar refractivity (Wildman–Crippen MR) is 98.1 cm³/mol. The molecule has 2 rings (SSSR count). The molecular formula is C18H30N3O3S+. The van der Waals surface area contributed by atoms with E-state index in [1.54, 1.807) is 12.1 Å². The van der Waals surface area contributed by atoms with Gasteiger partial charge in [-0.15, -0.1) is 0 Å². The summed E-state index contributed by atoms with van der Waals surface area (Å²) in [5.41, 5.74) is 2.06. The maximum Gasteiger partial charge on any atom is 0.275 e. The van der Waals surface area contributed by atoms with Crippen molar-refractivity contribution < 1.29 is 18.1 Å². The lowest BCUT2D eigenvalue weighted by Crippen LogP contribution is -3.15. The van der Waals surface area contributed by atoms with Gasteiger partial charge in [0.15, 0.2) is 6.54 Å². The summed E-state index contributed by atoms with van der Waals surface area (Å²) in [7, 11) is -3.46. The van der Waals surface area contributed by atoms with E-state index in [0.717, 1.165) is 22.4 Å². The Labute approximate surface area is 151 Å². The molecule has 0 saturated carbocycles. The van der Waals surface area contributed by atoms with Crippen molar-refractivity contribution in [2.45, 2.75) is 45.1 Å². The molecule has 0 bridgehead atoms. The molecule has 0 spiro atoms. The summed E-state index contributed by atoms with van der Waals surface area (Å²) in [4.78, 5) is 13.5. The minimum Gasteiger partial charge on any atom is -0.349 e. The minimum absolute atomic E-state index is 0.0369. The van der Waals surface area contributed by atoms with Crippen LogP contribution in [-0.4, -0.2) is 57.4 Å². The Morgan fingerprint density at radius 1 is 1.24 bits per heavy atom. The van der Waals surface area contributed by atoms with Crippen molar-refractivity contribution in [3.8, 4) is 0 Å². The Hall–Kier alpha value is -1.44. The number of quaternary nitrogens is 1. The second-order valence-electron chi connectivity index (χ2n) is 6.95. The van der Waals surface area contributed by atoms with Gasteiger partial charge in [-0.25, -0.2) is 8.42 Å². The van der Waals surface area contributed by atoms with Crippen LogP contribution >= 0.6 is 0 Å². The number of sulfonamides is 1. The van der Waals surface area contributed by atoms with E-state index >= 15 is 0 Å². The molecule has 1 atom stereocenters. The quantitative estimate of drug-likeness (QED) is 0.749. The zero-order valence-electron chi connectivity index (χ0n) is 15.6. The Bertz CT molecular complexity index is 710. The second kappa shape index (κ2) is 8.29. The first-order chi connectivity index (χ1) is 11.7. The molecule has 140 valence electrons. The van der Waals surface area contributed by atoms with E-state index in [0.29, 0.717) is 37.6 Å². The van der Waals surface area contributed by atoms with E-state index in [1.165, 1.54) is 4.31 Å². The number of benzene rings is 1. The molecule has 0 unspecified atom stereocenters. The largest absolute Gasteiger partial charge is 0.349 e. The highest BCUT2D eigenvalue weighted by molar-refractivity contribution is 7.89. The number of nitrogens with one attached hydrogen (secondary N) is 2. The molecule has 1 aliphatic rings. The van der Waals surface area contributed by atoms with Crippen molar-refractivity contribution in [2.24, 2.45) is 0 Å². The number of carbonyl (C=O) groups excluding carboxylic acids is 1. The molecule has 7 heteroatoms. The normalized spacial score (nSPS) is 18.1. The fourth-order valence-corrected chi connectivity index (χ4v) is 4.43. The summed E-state index contributed by atoms with van der Waals surface area (Å²) in [6.07, 6.45) is 0.906. The third kappa shape index (κ3) is 5.03. The van der Waals surface area contributed by atoms with Gasteiger partial charge >= 0.3 is 0 Å². The smallest absolute Gasteiger partial charge is 0.275 e. The van der Waals surface area contributed by atoms with Crippen LogP contribution in [0.4, 0.5) is 0 Å². The van der Waals surface area contributed by atoms with Crippen molar-refractivity contribution >= 4 is 15.9 Å². The van der Waals surface area contributed by atoms with Gasteiger partial charge < -0.3 is 10.2 Å². The van der Waals surface area contributed by atoms with Gasteiger partial charge in [0, 0.05) is 6.04 Å². The van der Waals surface area contributed by atoms with Crippen LogP contribution in [0, 0.1) is 13.8 Å². The standard InChI is InChI=1S/C18H29N3O3S/c1-5-16(4)19-18(22)13-20-8-10-21(11-9-20)25(23,24)17-7-6-14(2)15(3)12-17/h6-7,12,16H,5,8-11,13H2,1-4H3,(H,19,22)/p+1/t16-/m0/s1. The fraction of sp³-hybridized carbons (Fsp3) is 0.611. The second-order valence-corrected chi connectivity index (χ2v) is 8.89. The molecule has 0 radical (unpaired) electrons. The topological polar surface area (TPSA) is 70.9 Å². The highest BCUT2D eigenvalue weighted by atomic mass is 32.2. The summed E-state index contributed by atoms with van der Waals surface area (Å²) < 4.78 is 27.1. The SMILES string of the molecule is CC[C@H](C)NC(=O)C[NH+]1CCN(S(=O)(=O)c2ccc(C)c(C)c2)CC1. The summed E-state index contributed by atoms with van der Waals surface area (Å²) in [6.45, 7) is 10.5. The number of hydrogen-bond acceptors (Lipinski definition) is 3. The third-order valence-corrected chi connectivity index (χ3v) is 6.87. The molecule has 1 amide bonds. The van der Waals surface area contributed by atoms with Crippen molar-refractivity contribution in [1.29, 1.82) is 0 Å². The first-order valence-electron chi connectivity index (χ1n) is 8.94. The number of piperazine rings is 1. The number of rotatable bonds is 6. The van der Waals surface area contributed by atoms with E-state index in [2.05, 4.69) is 5.32 Å². The van der Waals surface area contributed by atoms with E-state index in [1.807, 2.05) is 33.8 Å². The molecule has 1 aromatic carbocycles.